The Morgan fingerprint density at radius 1 is 0.778 bits per heavy atom. The van der Waals surface area contributed by atoms with Crippen LogP contribution in [0.25, 0.3) is 0 Å². The molecule has 0 radical (unpaired) electrons. The van der Waals surface area contributed by atoms with Crippen molar-refractivity contribution in [3.05, 3.63) is 47.5 Å². The van der Waals surface area contributed by atoms with Gasteiger partial charge in [0.05, 0.1) is 0 Å². The van der Waals surface area contributed by atoms with Crippen LogP contribution in [0, 0.1) is 13.8 Å². The summed E-state index contributed by atoms with van der Waals surface area (Å²) >= 11 is 0. The summed E-state index contributed by atoms with van der Waals surface area (Å²) in [7, 11) is 0. The monoisotopic (exact) mass is 498 g/mol. The molecule has 8 heteroatoms. The highest BCUT2D eigenvalue weighted by molar-refractivity contribution is 5.89. The van der Waals surface area contributed by atoms with E-state index in [0.717, 1.165) is 59.7 Å². The maximum atomic E-state index is 10.9. The number of anilines is 2. The van der Waals surface area contributed by atoms with E-state index in [-0.39, 0.29) is 17.1 Å². The zero-order valence-electron chi connectivity index (χ0n) is 22.3. The third-order valence-corrected chi connectivity index (χ3v) is 5.67. The van der Waals surface area contributed by atoms with Crippen molar-refractivity contribution >= 4 is 29.2 Å². The van der Waals surface area contributed by atoms with Gasteiger partial charge < -0.3 is 25.3 Å². The molecule has 36 heavy (non-hydrogen) atoms. The summed E-state index contributed by atoms with van der Waals surface area (Å²) in [5.74, 6) is 0.643. The molecule has 3 N–H and O–H groups in total. The first kappa shape index (κ1) is 28.7. The number of benzene rings is 2. The molecule has 2 aliphatic rings. The Hall–Kier alpha value is -3.55. The van der Waals surface area contributed by atoms with Crippen molar-refractivity contribution in [2.75, 3.05) is 11.1 Å². The summed E-state index contributed by atoms with van der Waals surface area (Å²) < 4.78 is 15.6. The van der Waals surface area contributed by atoms with Crippen molar-refractivity contribution in [3.63, 3.8) is 0 Å². The standard InChI is InChI=1S/C13H17NO2.C11H15NO.C4H6O3/c1-9-8-11(16-13(3)6-7-13)4-5-12(9)14-10(2)15;1-8-7-9(3-4-10(8)12)13-11(2)5-6-11;1-3(5)7-4(2)6/h4-5,8H,6-7H2,1-3H3,(H,14,15);3-4,7H,5-6,12H2,1-2H3;1-2H3. The summed E-state index contributed by atoms with van der Waals surface area (Å²) in [4.78, 5) is 30.6. The number of amides is 1. The minimum atomic E-state index is -0.562. The summed E-state index contributed by atoms with van der Waals surface area (Å²) in [5.41, 5.74) is 9.64. The number of ether oxygens (including phenoxy) is 3. The summed E-state index contributed by atoms with van der Waals surface area (Å²) in [6.07, 6.45) is 4.58. The van der Waals surface area contributed by atoms with Crippen LogP contribution in [0.2, 0.25) is 0 Å². The molecule has 2 saturated carbocycles. The predicted octanol–water partition coefficient (Wildman–Crippen LogP) is 5.49. The number of nitrogens with one attached hydrogen (secondary N) is 1. The van der Waals surface area contributed by atoms with Crippen LogP contribution in [0.1, 0.15) is 71.4 Å². The van der Waals surface area contributed by atoms with Gasteiger partial charge in [0.15, 0.2) is 0 Å². The molecule has 0 bridgehead atoms. The van der Waals surface area contributed by atoms with Crippen LogP contribution in [-0.2, 0) is 19.1 Å². The van der Waals surface area contributed by atoms with E-state index in [1.165, 1.54) is 20.8 Å². The van der Waals surface area contributed by atoms with Crippen LogP contribution < -0.4 is 20.5 Å². The van der Waals surface area contributed by atoms with Crippen LogP contribution in [0.15, 0.2) is 36.4 Å². The minimum Gasteiger partial charge on any atom is -0.488 e. The fourth-order valence-electron chi connectivity index (χ4n) is 3.07. The smallest absolute Gasteiger partial charge is 0.310 e. The van der Waals surface area contributed by atoms with Crippen LogP contribution in [0.3, 0.4) is 0 Å². The predicted molar refractivity (Wildman–Crippen MR) is 140 cm³/mol. The molecule has 0 unspecified atom stereocenters. The van der Waals surface area contributed by atoms with E-state index >= 15 is 0 Å². The highest BCUT2D eigenvalue weighted by atomic mass is 16.6. The quantitative estimate of drug-likeness (QED) is 0.318. The van der Waals surface area contributed by atoms with Crippen molar-refractivity contribution in [1.29, 1.82) is 0 Å². The molecule has 2 aromatic rings. The zero-order chi connectivity index (χ0) is 27.1. The van der Waals surface area contributed by atoms with Gasteiger partial charge in [0.1, 0.15) is 22.7 Å². The van der Waals surface area contributed by atoms with Crippen molar-refractivity contribution in [3.8, 4) is 11.5 Å². The largest absolute Gasteiger partial charge is 0.488 e. The molecular formula is C28H38N2O6. The second-order valence-electron chi connectivity index (χ2n) is 9.87. The van der Waals surface area contributed by atoms with Gasteiger partial charge in [-0.25, -0.2) is 0 Å². The second kappa shape index (κ2) is 11.9. The first-order valence-corrected chi connectivity index (χ1v) is 12.0. The fourth-order valence-corrected chi connectivity index (χ4v) is 3.07. The van der Waals surface area contributed by atoms with Crippen molar-refractivity contribution in [2.24, 2.45) is 0 Å². The minimum absolute atomic E-state index is 0.0436. The van der Waals surface area contributed by atoms with Crippen LogP contribution >= 0.6 is 0 Å². The number of aryl methyl sites for hydroxylation is 2. The van der Waals surface area contributed by atoms with Gasteiger partial charge in [0.2, 0.25) is 5.91 Å². The number of rotatable bonds is 5. The first-order chi connectivity index (χ1) is 16.7. The Morgan fingerprint density at radius 3 is 1.56 bits per heavy atom. The molecule has 2 aliphatic carbocycles. The molecular weight excluding hydrogens is 460 g/mol. The number of carbonyl (C=O) groups excluding carboxylic acids is 3. The van der Waals surface area contributed by atoms with E-state index in [1.54, 1.807) is 0 Å². The van der Waals surface area contributed by atoms with E-state index < -0.39 is 11.9 Å². The molecule has 4 rings (SSSR count). The van der Waals surface area contributed by atoms with Gasteiger partial charge in [-0.2, -0.15) is 0 Å². The van der Waals surface area contributed by atoms with E-state index in [4.69, 9.17) is 15.2 Å². The molecule has 0 aliphatic heterocycles. The Balaban J connectivity index is 0.000000205. The number of hydrogen-bond acceptors (Lipinski definition) is 7. The number of nitrogen functional groups attached to an aromatic ring is 1. The number of esters is 2. The van der Waals surface area contributed by atoms with E-state index in [2.05, 4.69) is 23.9 Å². The van der Waals surface area contributed by atoms with Crippen molar-refractivity contribution in [1.82, 2.24) is 0 Å². The highest BCUT2D eigenvalue weighted by Gasteiger charge is 2.40. The van der Waals surface area contributed by atoms with E-state index in [9.17, 15) is 14.4 Å². The Labute approximate surface area is 213 Å². The molecule has 2 fully saturated rings. The van der Waals surface area contributed by atoms with Crippen molar-refractivity contribution < 1.29 is 28.6 Å². The first-order valence-electron chi connectivity index (χ1n) is 12.0. The van der Waals surface area contributed by atoms with Gasteiger partial charge in [-0.3, -0.25) is 14.4 Å². The normalized spacial score (nSPS) is 15.5. The molecule has 196 valence electrons. The van der Waals surface area contributed by atoms with Crippen molar-refractivity contribution in [2.45, 2.75) is 85.4 Å². The molecule has 0 saturated heterocycles. The molecule has 0 heterocycles. The van der Waals surface area contributed by atoms with Gasteiger partial charge in [-0.1, -0.05) is 0 Å². The van der Waals surface area contributed by atoms with Gasteiger partial charge in [0.25, 0.3) is 0 Å². The fraction of sp³-hybridized carbons (Fsp3) is 0.464. The molecule has 0 atom stereocenters. The maximum absolute atomic E-state index is 10.9. The molecule has 8 nitrogen and oxygen atoms in total. The van der Waals surface area contributed by atoms with Gasteiger partial charge in [-0.05, 0) is 101 Å². The van der Waals surface area contributed by atoms with Crippen LogP contribution in [-0.4, -0.2) is 29.0 Å². The molecule has 0 spiro atoms. The second-order valence-corrected chi connectivity index (χ2v) is 9.87. The highest BCUT2D eigenvalue weighted by Crippen LogP contribution is 2.40. The average molecular weight is 499 g/mol. The molecule has 1 amide bonds. The molecule has 0 aromatic heterocycles. The van der Waals surface area contributed by atoms with Crippen LogP contribution in [0.5, 0.6) is 11.5 Å². The van der Waals surface area contributed by atoms with Crippen LogP contribution in [0.4, 0.5) is 11.4 Å². The molecule has 2 aromatic carbocycles. The Morgan fingerprint density at radius 2 is 1.22 bits per heavy atom. The Kier molecular flexibility index (Phi) is 9.50. The lowest BCUT2D eigenvalue weighted by Gasteiger charge is -2.14. The lowest BCUT2D eigenvalue weighted by atomic mass is 10.2. The number of nitrogens with two attached hydrogens (primary N) is 1. The third-order valence-electron chi connectivity index (χ3n) is 5.67. The average Bonchev–Trinajstić information content (AvgIpc) is 3.66. The third kappa shape index (κ3) is 10.4. The zero-order valence-corrected chi connectivity index (χ0v) is 22.3. The topological polar surface area (TPSA) is 117 Å². The van der Waals surface area contributed by atoms with Gasteiger partial charge in [0, 0.05) is 32.1 Å². The summed E-state index contributed by atoms with van der Waals surface area (Å²) in [5, 5.41) is 2.78. The Bertz CT molecular complexity index is 1090. The van der Waals surface area contributed by atoms with Gasteiger partial charge in [-0.15, -0.1) is 0 Å². The lowest BCUT2D eigenvalue weighted by Crippen LogP contribution is -2.12. The van der Waals surface area contributed by atoms with E-state index in [0.29, 0.717) is 0 Å². The maximum Gasteiger partial charge on any atom is 0.310 e. The summed E-state index contributed by atoms with van der Waals surface area (Å²) in [6.45, 7) is 12.1. The lowest BCUT2D eigenvalue weighted by molar-refractivity contribution is -0.156. The summed E-state index contributed by atoms with van der Waals surface area (Å²) in [6, 6.07) is 11.6. The number of carbonyl (C=O) groups is 3. The van der Waals surface area contributed by atoms with Gasteiger partial charge >= 0.3 is 11.9 Å². The number of hydrogen-bond donors (Lipinski definition) is 2. The SMILES string of the molecule is CC(=O)Nc1ccc(OC2(C)CC2)cc1C.CC(=O)OC(C)=O.Cc1cc(OC2(C)CC2)ccc1N. The van der Waals surface area contributed by atoms with E-state index in [1.807, 2.05) is 50.2 Å².